The summed E-state index contributed by atoms with van der Waals surface area (Å²) in [5.41, 5.74) is 7.48. The minimum atomic E-state index is 0.728. The highest BCUT2D eigenvalue weighted by molar-refractivity contribution is 5.80. The van der Waals surface area contributed by atoms with E-state index in [0.29, 0.717) is 0 Å². The third kappa shape index (κ3) is 3.97. The summed E-state index contributed by atoms with van der Waals surface area (Å²) in [4.78, 5) is 8.36. The predicted octanol–water partition coefficient (Wildman–Crippen LogP) is 6.68. The first-order valence-corrected chi connectivity index (χ1v) is 11.0. The summed E-state index contributed by atoms with van der Waals surface area (Å²) >= 11 is 0. The van der Waals surface area contributed by atoms with Gasteiger partial charge in [0.05, 0.1) is 18.1 Å². The summed E-state index contributed by atoms with van der Waals surface area (Å²) in [5.74, 6) is 2.59. The van der Waals surface area contributed by atoms with Crippen molar-refractivity contribution in [2.24, 2.45) is 0 Å². The van der Waals surface area contributed by atoms with E-state index >= 15 is 0 Å². The van der Waals surface area contributed by atoms with E-state index in [0.717, 1.165) is 46.9 Å². The van der Waals surface area contributed by atoms with Crippen LogP contribution in [0.3, 0.4) is 0 Å². The molecule has 1 aliphatic rings. The molecule has 0 saturated heterocycles. The van der Waals surface area contributed by atoms with E-state index in [9.17, 15) is 0 Å². The molecule has 152 valence electrons. The molecule has 4 aromatic rings. The number of hydrogen-bond donors (Lipinski definition) is 1. The van der Waals surface area contributed by atoms with E-state index in [4.69, 9.17) is 9.72 Å². The lowest BCUT2D eigenvalue weighted by molar-refractivity contribution is 0.414. The van der Waals surface area contributed by atoms with Gasteiger partial charge in [-0.25, -0.2) is 4.98 Å². The lowest BCUT2D eigenvalue weighted by Gasteiger charge is -2.08. The molecule has 30 heavy (non-hydrogen) atoms. The number of fused-ring (bicyclic) bond motifs is 1. The van der Waals surface area contributed by atoms with Crippen molar-refractivity contribution in [3.63, 3.8) is 0 Å². The number of aromatic amines is 1. The van der Waals surface area contributed by atoms with Gasteiger partial charge in [-0.3, -0.25) is 0 Å². The van der Waals surface area contributed by atoms with Crippen LogP contribution in [0.2, 0.25) is 0 Å². The van der Waals surface area contributed by atoms with Crippen LogP contribution in [0.5, 0.6) is 5.75 Å². The molecule has 0 aliphatic heterocycles. The second-order valence-electron chi connectivity index (χ2n) is 8.39. The van der Waals surface area contributed by atoms with Crippen LogP contribution in [-0.2, 0) is 12.8 Å². The lowest BCUT2D eigenvalue weighted by atomic mass is 9.97. The molecule has 3 nitrogen and oxygen atoms in total. The molecule has 0 atom stereocenters. The minimum Gasteiger partial charge on any atom is -0.497 e. The Labute approximate surface area is 178 Å². The Bertz CT molecular complexity index is 1120. The monoisotopic (exact) mass is 396 g/mol. The summed E-state index contributed by atoms with van der Waals surface area (Å²) in [6.07, 6.45) is 7.42. The molecule has 3 aromatic carbocycles. The Morgan fingerprint density at radius 1 is 0.867 bits per heavy atom. The number of hydrogen-bond acceptors (Lipinski definition) is 2. The summed E-state index contributed by atoms with van der Waals surface area (Å²) < 4.78 is 5.23. The van der Waals surface area contributed by atoms with Crippen molar-refractivity contribution in [3.8, 4) is 17.1 Å². The summed E-state index contributed by atoms with van der Waals surface area (Å²) in [5, 5.41) is 0. The molecular weight excluding hydrogens is 368 g/mol. The average Bonchev–Trinajstić information content (AvgIpc) is 3.48. The number of nitrogens with one attached hydrogen (secondary N) is 1. The summed E-state index contributed by atoms with van der Waals surface area (Å²) in [6, 6.07) is 23.9. The maximum atomic E-state index is 5.23. The molecule has 1 aromatic heterocycles. The van der Waals surface area contributed by atoms with Gasteiger partial charge in [-0.15, -0.1) is 0 Å². The Balaban J connectivity index is 1.28. The quantitative estimate of drug-likeness (QED) is 0.395. The van der Waals surface area contributed by atoms with Gasteiger partial charge in [-0.2, -0.15) is 0 Å². The Kier molecular flexibility index (Phi) is 5.27. The van der Waals surface area contributed by atoms with Crippen LogP contribution in [0.25, 0.3) is 22.4 Å². The molecule has 5 rings (SSSR count). The Morgan fingerprint density at radius 3 is 2.20 bits per heavy atom. The third-order valence-electron chi connectivity index (χ3n) is 6.42. The fourth-order valence-electron chi connectivity index (χ4n) is 4.59. The molecule has 3 heteroatoms. The largest absolute Gasteiger partial charge is 0.497 e. The van der Waals surface area contributed by atoms with Crippen LogP contribution in [0.1, 0.15) is 48.3 Å². The highest BCUT2D eigenvalue weighted by Gasteiger charge is 2.17. The molecule has 1 fully saturated rings. The maximum absolute atomic E-state index is 5.23. The van der Waals surface area contributed by atoms with Gasteiger partial charge >= 0.3 is 0 Å². The second kappa shape index (κ2) is 8.35. The van der Waals surface area contributed by atoms with Crippen molar-refractivity contribution in [1.29, 1.82) is 0 Å². The van der Waals surface area contributed by atoms with Crippen molar-refractivity contribution in [3.05, 3.63) is 83.4 Å². The van der Waals surface area contributed by atoms with Gasteiger partial charge in [-0.05, 0) is 72.6 Å². The Morgan fingerprint density at radius 2 is 1.53 bits per heavy atom. The zero-order chi connectivity index (χ0) is 20.3. The minimum absolute atomic E-state index is 0.728. The number of benzene rings is 3. The molecule has 0 spiro atoms. The maximum Gasteiger partial charge on any atom is 0.138 e. The standard InChI is InChI=1S/C27H28N2O/c1-30-24-15-10-20(11-16-24)7-6-19-8-12-22(13-9-19)27-28-25-17-14-23(18-26(25)29-27)21-4-2-3-5-21/h8-18,21H,2-7H2,1H3,(H,28,29). The van der Waals surface area contributed by atoms with E-state index in [1.807, 2.05) is 12.1 Å². The van der Waals surface area contributed by atoms with Crippen LogP contribution < -0.4 is 4.74 Å². The molecule has 1 saturated carbocycles. The number of nitrogens with zero attached hydrogens (tertiary/aromatic N) is 1. The number of aryl methyl sites for hydroxylation is 2. The normalized spacial score (nSPS) is 14.4. The fourth-order valence-corrected chi connectivity index (χ4v) is 4.59. The van der Waals surface area contributed by atoms with Gasteiger partial charge < -0.3 is 9.72 Å². The van der Waals surface area contributed by atoms with Crippen molar-refractivity contribution < 1.29 is 4.74 Å². The van der Waals surface area contributed by atoms with Crippen molar-refractivity contribution >= 4 is 11.0 Å². The molecule has 0 radical (unpaired) electrons. The van der Waals surface area contributed by atoms with E-state index < -0.39 is 0 Å². The van der Waals surface area contributed by atoms with Crippen molar-refractivity contribution in [1.82, 2.24) is 9.97 Å². The number of aromatic nitrogens is 2. The SMILES string of the molecule is COc1ccc(CCc2ccc(-c3nc4ccc(C5CCCC5)cc4[nH]3)cc2)cc1. The first kappa shape index (κ1) is 18.9. The molecule has 0 unspecified atom stereocenters. The molecule has 1 N–H and O–H groups in total. The third-order valence-corrected chi connectivity index (χ3v) is 6.42. The Hall–Kier alpha value is -3.07. The summed E-state index contributed by atoms with van der Waals surface area (Å²) in [6.45, 7) is 0. The van der Waals surface area contributed by atoms with Crippen LogP contribution in [0.15, 0.2) is 66.7 Å². The number of H-pyrrole nitrogens is 1. The summed E-state index contributed by atoms with van der Waals surface area (Å²) in [7, 11) is 1.70. The first-order valence-electron chi connectivity index (χ1n) is 11.0. The van der Waals surface area contributed by atoms with Crippen molar-refractivity contribution in [2.75, 3.05) is 7.11 Å². The van der Waals surface area contributed by atoms with Crippen LogP contribution >= 0.6 is 0 Å². The zero-order valence-electron chi connectivity index (χ0n) is 17.5. The highest BCUT2D eigenvalue weighted by atomic mass is 16.5. The number of imidazole rings is 1. The van der Waals surface area contributed by atoms with Crippen LogP contribution in [0.4, 0.5) is 0 Å². The van der Waals surface area contributed by atoms with E-state index in [2.05, 4.69) is 59.6 Å². The molecule has 1 aliphatic carbocycles. The predicted molar refractivity (Wildman–Crippen MR) is 123 cm³/mol. The average molecular weight is 397 g/mol. The van der Waals surface area contributed by atoms with E-state index in [-0.39, 0.29) is 0 Å². The van der Waals surface area contributed by atoms with Crippen LogP contribution in [-0.4, -0.2) is 17.1 Å². The smallest absolute Gasteiger partial charge is 0.138 e. The number of methoxy groups -OCH3 is 1. The number of rotatable bonds is 6. The molecule has 0 amide bonds. The zero-order valence-corrected chi connectivity index (χ0v) is 17.5. The first-order chi connectivity index (χ1) is 14.8. The fraction of sp³-hybridized carbons (Fsp3) is 0.296. The van der Waals surface area contributed by atoms with E-state index in [1.54, 1.807) is 7.11 Å². The van der Waals surface area contributed by atoms with Crippen LogP contribution in [0, 0.1) is 0 Å². The van der Waals surface area contributed by atoms with Gasteiger partial charge in [0.2, 0.25) is 0 Å². The number of ether oxygens (including phenoxy) is 1. The lowest BCUT2D eigenvalue weighted by Crippen LogP contribution is -1.92. The topological polar surface area (TPSA) is 37.9 Å². The van der Waals surface area contributed by atoms with Gasteiger partial charge in [0.15, 0.2) is 0 Å². The second-order valence-corrected chi connectivity index (χ2v) is 8.39. The van der Waals surface area contributed by atoms with Crippen molar-refractivity contribution in [2.45, 2.75) is 44.4 Å². The molecule has 0 bridgehead atoms. The molecule has 1 heterocycles. The molecular formula is C27H28N2O. The van der Waals surface area contributed by atoms with Gasteiger partial charge in [0.25, 0.3) is 0 Å². The van der Waals surface area contributed by atoms with Gasteiger partial charge in [0, 0.05) is 5.56 Å². The van der Waals surface area contributed by atoms with E-state index in [1.165, 1.54) is 42.4 Å². The van der Waals surface area contributed by atoms with Gasteiger partial charge in [0.1, 0.15) is 11.6 Å². The highest BCUT2D eigenvalue weighted by Crippen LogP contribution is 2.35. The van der Waals surface area contributed by atoms with Gasteiger partial charge in [-0.1, -0.05) is 55.3 Å².